The average molecular weight is 389 g/mol. The smallest absolute Gasteiger partial charge is 0.232 e. The average Bonchev–Trinajstić information content (AvgIpc) is 3.14. The van der Waals surface area contributed by atoms with Crippen molar-refractivity contribution in [2.75, 3.05) is 16.3 Å². The minimum absolute atomic E-state index is 0.00314. The quantitative estimate of drug-likeness (QED) is 0.768. The van der Waals surface area contributed by atoms with Gasteiger partial charge in [0.15, 0.2) is 0 Å². The van der Waals surface area contributed by atoms with Crippen LogP contribution in [0, 0.1) is 5.92 Å². The highest BCUT2D eigenvalue weighted by Gasteiger charge is 2.41. The van der Waals surface area contributed by atoms with E-state index in [1.165, 1.54) is 5.56 Å². The molecule has 2 unspecified atom stereocenters. The van der Waals surface area contributed by atoms with Gasteiger partial charge in [-0.1, -0.05) is 41.4 Å². The molecule has 1 saturated heterocycles. The summed E-state index contributed by atoms with van der Waals surface area (Å²) in [5.41, 5.74) is 2.74. The summed E-state index contributed by atoms with van der Waals surface area (Å²) in [7, 11) is 0. The Morgan fingerprint density at radius 3 is 2.62 bits per heavy atom. The van der Waals surface area contributed by atoms with Crippen LogP contribution in [-0.2, 0) is 16.0 Å². The molecule has 2 heterocycles. The first-order chi connectivity index (χ1) is 12.5. The number of carbonyl (C=O) groups excluding carboxylic acids is 2. The van der Waals surface area contributed by atoms with Gasteiger partial charge in [-0.15, -0.1) is 0 Å². The summed E-state index contributed by atoms with van der Waals surface area (Å²) in [4.78, 5) is 29.1. The van der Waals surface area contributed by atoms with Gasteiger partial charge in [0.05, 0.1) is 16.6 Å². The molecule has 2 aliphatic heterocycles. The Kier molecular flexibility index (Phi) is 4.41. The van der Waals surface area contributed by atoms with Gasteiger partial charge >= 0.3 is 0 Å². The highest BCUT2D eigenvalue weighted by atomic mass is 35.5. The highest BCUT2D eigenvalue weighted by molar-refractivity contribution is 6.36. The van der Waals surface area contributed by atoms with Gasteiger partial charge in [0.25, 0.3) is 0 Å². The Bertz CT molecular complexity index is 899. The molecular weight excluding hydrogens is 371 g/mol. The van der Waals surface area contributed by atoms with Gasteiger partial charge in [-0.3, -0.25) is 9.59 Å². The maximum absolute atomic E-state index is 13.2. The Balaban J connectivity index is 1.58. The van der Waals surface area contributed by atoms with Gasteiger partial charge in [-0.25, -0.2) is 0 Å². The second-order valence-electron chi connectivity index (χ2n) is 6.89. The third kappa shape index (κ3) is 2.87. The Morgan fingerprint density at radius 1 is 1.08 bits per heavy atom. The first-order valence-corrected chi connectivity index (χ1v) is 9.37. The van der Waals surface area contributed by atoms with E-state index in [2.05, 4.69) is 6.07 Å². The summed E-state index contributed by atoms with van der Waals surface area (Å²) in [6.07, 6.45) is 1.04. The number of carbonyl (C=O) groups is 2. The van der Waals surface area contributed by atoms with Crippen LogP contribution in [0.3, 0.4) is 0 Å². The standard InChI is InChI=1S/C20H18Cl2N2O2/c1-12-8-13-4-2-3-5-17(13)24(12)20(26)14-9-19(25)23(11-14)18-7-6-15(21)10-16(18)22/h2-7,10,12,14H,8-9,11H2,1H3. The zero-order chi connectivity index (χ0) is 18.4. The van der Waals surface area contributed by atoms with Gasteiger partial charge in [-0.2, -0.15) is 0 Å². The van der Waals surface area contributed by atoms with Crippen LogP contribution in [0.1, 0.15) is 18.9 Å². The van der Waals surface area contributed by atoms with Crippen molar-refractivity contribution in [3.8, 4) is 0 Å². The molecule has 0 spiro atoms. The second kappa shape index (κ2) is 6.60. The maximum Gasteiger partial charge on any atom is 0.232 e. The summed E-state index contributed by atoms with van der Waals surface area (Å²) < 4.78 is 0. The molecule has 6 heteroatoms. The number of halogens is 2. The first kappa shape index (κ1) is 17.4. The van der Waals surface area contributed by atoms with Gasteiger partial charge in [-0.05, 0) is 43.2 Å². The van der Waals surface area contributed by atoms with Crippen molar-refractivity contribution in [2.24, 2.45) is 5.92 Å². The van der Waals surface area contributed by atoms with Crippen molar-refractivity contribution in [2.45, 2.75) is 25.8 Å². The first-order valence-electron chi connectivity index (χ1n) is 8.62. The van der Waals surface area contributed by atoms with Crippen molar-refractivity contribution >= 4 is 46.4 Å². The van der Waals surface area contributed by atoms with E-state index in [1.54, 1.807) is 23.1 Å². The third-order valence-electron chi connectivity index (χ3n) is 5.12. The number of rotatable bonds is 2. The molecule has 0 radical (unpaired) electrons. The normalized spacial score (nSPS) is 22.0. The molecule has 0 bridgehead atoms. The summed E-state index contributed by atoms with van der Waals surface area (Å²) >= 11 is 12.2. The van der Waals surface area contributed by atoms with Crippen LogP contribution in [0.25, 0.3) is 0 Å². The number of para-hydroxylation sites is 1. The highest BCUT2D eigenvalue weighted by Crippen LogP contribution is 2.37. The van der Waals surface area contributed by atoms with E-state index < -0.39 is 0 Å². The fraction of sp³-hybridized carbons (Fsp3) is 0.300. The van der Waals surface area contributed by atoms with E-state index in [4.69, 9.17) is 23.2 Å². The van der Waals surface area contributed by atoms with E-state index >= 15 is 0 Å². The van der Waals surface area contributed by atoms with Crippen molar-refractivity contribution in [3.63, 3.8) is 0 Å². The SMILES string of the molecule is CC1Cc2ccccc2N1C(=O)C1CC(=O)N(c2ccc(Cl)cc2Cl)C1. The number of anilines is 2. The molecule has 1 fully saturated rings. The van der Waals surface area contributed by atoms with Gasteiger partial charge in [0, 0.05) is 29.7 Å². The molecule has 2 atom stereocenters. The Labute approximate surface area is 162 Å². The lowest BCUT2D eigenvalue weighted by Gasteiger charge is -2.26. The predicted molar refractivity (Wildman–Crippen MR) is 104 cm³/mol. The van der Waals surface area contributed by atoms with Crippen molar-refractivity contribution < 1.29 is 9.59 Å². The molecule has 0 N–H and O–H groups in total. The molecule has 4 rings (SSSR count). The van der Waals surface area contributed by atoms with Gasteiger partial charge in [0.2, 0.25) is 11.8 Å². The van der Waals surface area contributed by atoms with Crippen LogP contribution in [0.5, 0.6) is 0 Å². The molecule has 2 amide bonds. The largest absolute Gasteiger partial charge is 0.310 e. The van der Waals surface area contributed by atoms with Gasteiger partial charge in [0.1, 0.15) is 0 Å². The van der Waals surface area contributed by atoms with Crippen LogP contribution in [0.15, 0.2) is 42.5 Å². The van der Waals surface area contributed by atoms with Crippen molar-refractivity contribution in [1.82, 2.24) is 0 Å². The van der Waals surface area contributed by atoms with Crippen molar-refractivity contribution in [1.29, 1.82) is 0 Å². The second-order valence-corrected chi connectivity index (χ2v) is 7.73. The van der Waals surface area contributed by atoms with E-state index in [0.29, 0.717) is 22.3 Å². The number of fused-ring (bicyclic) bond motifs is 1. The maximum atomic E-state index is 13.2. The fourth-order valence-electron chi connectivity index (χ4n) is 3.90. The van der Waals surface area contributed by atoms with E-state index in [0.717, 1.165) is 12.1 Å². The zero-order valence-corrected chi connectivity index (χ0v) is 15.8. The molecule has 4 nitrogen and oxygen atoms in total. The van der Waals surface area contributed by atoms with Crippen molar-refractivity contribution in [3.05, 3.63) is 58.1 Å². The molecule has 2 aromatic carbocycles. The predicted octanol–water partition coefficient (Wildman–Crippen LogP) is 4.32. The van der Waals surface area contributed by atoms with E-state index in [-0.39, 0.29) is 30.2 Å². The summed E-state index contributed by atoms with van der Waals surface area (Å²) in [6.45, 7) is 2.38. The minimum Gasteiger partial charge on any atom is -0.310 e. The molecule has 2 aromatic rings. The van der Waals surface area contributed by atoms with Crippen LogP contribution in [0.4, 0.5) is 11.4 Å². The molecule has 0 saturated carbocycles. The fourth-order valence-corrected chi connectivity index (χ4v) is 4.41. The van der Waals surface area contributed by atoms with E-state index in [1.807, 2.05) is 30.0 Å². The Hall–Kier alpha value is -2.04. The lowest BCUT2D eigenvalue weighted by Crippen LogP contribution is -2.41. The monoisotopic (exact) mass is 388 g/mol. The van der Waals surface area contributed by atoms with Crippen LogP contribution >= 0.6 is 23.2 Å². The number of hydrogen-bond acceptors (Lipinski definition) is 2. The molecular formula is C20H18Cl2N2O2. The molecule has 2 aliphatic rings. The molecule has 134 valence electrons. The van der Waals surface area contributed by atoms with Crippen LogP contribution < -0.4 is 9.80 Å². The topological polar surface area (TPSA) is 40.6 Å². The lowest BCUT2D eigenvalue weighted by atomic mass is 10.1. The van der Waals surface area contributed by atoms with Crippen LogP contribution in [0.2, 0.25) is 10.0 Å². The van der Waals surface area contributed by atoms with Gasteiger partial charge < -0.3 is 9.80 Å². The zero-order valence-electron chi connectivity index (χ0n) is 14.3. The van der Waals surface area contributed by atoms with E-state index in [9.17, 15) is 9.59 Å². The number of hydrogen-bond donors (Lipinski definition) is 0. The number of nitrogens with zero attached hydrogens (tertiary/aromatic N) is 2. The summed E-state index contributed by atoms with van der Waals surface area (Å²) in [5, 5.41) is 0.930. The van der Waals surface area contributed by atoms with Crippen LogP contribution in [-0.4, -0.2) is 24.4 Å². The number of benzene rings is 2. The lowest BCUT2D eigenvalue weighted by molar-refractivity contribution is -0.124. The summed E-state index contributed by atoms with van der Waals surface area (Å²) in [6, 6.07) is 13.1. The Morgan fingerprint density at radius 2 is 1.85 bits per heavy atom. The number of amides is 2. The molecule has 0 aliphatic carbocycles. The summed E-state index contributed by atoms with van der Waals surface area (Å²) in [5.74, 6) is -0.459. The third-order valence-corrected chi connectivity index (χ3v) is 5.66. The molecule has 26 heavy (non-hydrogen) atoms. The minimum atomic E-state index is -0.372. The molecule has 0 aromatic heterocycles.